The smallest absolute Gasteiger partial charge is 0.150 e. The highest BCUT2D eigenvalue weighted by Crippen LogP contribution is 2.24. The Morgan fingerprint density at radius 3 is 1.57 bits per heavy atom. The number of aromatic hydroxyl groups is 3. The molecule has 2 aromatic heterocycles. The Labute approximate surface area is 204 Å². The zero-order chi connectivity index (χ0) is 25.5. The third-order valence-corrected chi connectivity index (χ3v) is 5.48. The van der Waals surface area contributed by atoms with Crippen molar-refractivity contribution in [2.24, 2.45) is 0 Å². The van der Waals surface area contributed by atoms with E-state index in [0.717, 1.165) is 34.0 Å². The Balaban J connectivity index is 0.000000147. The molecule has 0 saturated heterocycles. The van der Waals surface area contributed by atoms with Crippen molar-refractivity contribution in [3.05, 3.63) is 101 Å². The van der Waals surface area contributed by atoms with Gasteiger partial charge >= 0.3 is 0 Å². The van der Waals surface area contributed by atoms with Crippen LogP contribution in [0.15, 0.2) is 72.8 Å². The number of phenols is 3. The second kappa shape index (κ2) is 11.1. The number of para-hydroxylation sites is 2. The van der Waals surface area contributed by atoms with Gasteiger partial charge in [-0.3, -0.25) is 4.79 Å². The van der Waals surface area contributed by atoms with Crippen LogP contribution in [0.3, 0.4) is 0 Å². The highest BCUT2D eigenvalue weighted by Gasteiger charge is 2.04. The van der Waals surface area contributed by atoms with Crippen molar-refractivity contribution in [1.82, 2.24) is 9.97 Å². The van der Waals surface area contributed by atoms with Crippen molar-refractivity contribution in [3.63, 3.8) is 0 Å². The van der Waals surface area contributed by atoms with Crippen LogP contribution in [0.1, 0.15) is 32.9 Å². The first-order chi connectivity index (χ1) is 16.7. The van der Waals surface area contributed by atoms with Crippen molar-refractivity contribution < 1.29 is 20.1 Å². The van der Waals surface area contributed by atoms with Crippen LogP contribution in [-0.4, -0.2) is 31.6 Å². The molecule has 2 heterocycles. The lowest BCUT2D eigenvalue weighted by Gasteiger charge is -2.03. The zero-order valence-corrected chi connectivity index (χ0v) is 20.1. The van der Waals surface area contributed by atoms with Crippen molar-refractivity contribution in [2.45, 2.75) is 27.7 Å². The molecule has 3 N–H and O–H groups in total. The van der Waals surface area contributed by atoms with Gasteiger partial charge < -0.3 is 15.3 Å². The van der Waals surface area contributed by atoms with Crippen LogP contribution in [0, 0.1) is 27.7 Å². The molecule has 0 bridgehead atoms. The third kappa shape index (κ3) is 6.12. The first-order valence-corrected chi connectivity index (χ1v) is 11.1. The molecule has 0 spiro atoms. The maximum Gasteiger partial charge on any atom is 0.150 e. The number of hydrogen-bond donors (Lipinski definition) is 3. The molecule has 6 nitrogen and oxygen atoms in total. The first kappa shape index (κ1) is 25.2. The van der Waals surface area contributed by atoms with E-state index in [4.69, 9.17) is 0 Å². The summed E-state index contributed by atoms with van der Waals surface area (Å²) in [6.07, 6.45) is 0.745. The van der Waals surface area contributed by atoms with Crippen LogP contribution in [0.4, 0.5) is 0 Å². The molecule has 0 saturated carbocycles. The lowest BCUT2D eigenvalue weighted by atomic mass is 10.1. The van der Waals surface area contributed by atoms with Gasteiger partial charge in [0.15, 0.2) is 0 Å². The van der Waals surface area contributed by atoms with Crippen molar-refractivity contribution in [2.75, 3.05) is 0 Å². The Hall–Kier alpha value is -4.45. The Bertz CT molecular complexity index is 1410. The number of aromatic nitrogens is 2. The minimum atomic E-state index is 0.217. The molecule has 0 fully saturated rings. The van der Waals surface area contributed by atoms with Gasteiger partial charge in [-0.2, -0.15) is 0 Å². The van der Waals surface area contributed by atoms with Gasteiger partial charge in [-0.15, -0.1) is 0 Å². The highest BCUT2D eigenvalue weighted by molar-refractivity contribution is 5.84. The summed E-state index contributed by atoms with van der Waals surface area (Å²) in [5.74, 6) is 0.710. The lowest BCUT2D eigenvalue weighted by Crippen LogP contribution is -1.88. The summed E-state index contributed by atoms with van der Waals surface area (Å²) in [4.78, 5) is 18.8. The Kier molecular flexibility index (Phi) is 8.00. The fourth-order valence-corrected chi connectivity index (χ4v) is 3.44. The van der Waals surface area contributed by atoms with Crippen LogP contribution in [0.2, 0.25) is 0 Å². The zero-order valence-electron chi connectivity index (χ0n) is 20.1. The van der Waals surface area contributed by atoms with Gasteiger partial charge in [-0.05, 0) is 57.5 Å². The number of carbonyl (C=O) groups excluding carboxylic acids is 1. The van der Waals surface area contributed by atoms with E-state index < -0.39 is 0 Å². The van der Waals surface area contributed by atoms with Crippen LogP contribution in [0.25, 0.3) is 21.8 Å². The van der Waals surface area contributed by atoms with E-state index in [2.05, 4.69) is 9.97 Å². The van der Waals surface area contributed by atoms with E-state index in [9.17, 15) is 20.1 Å². The topological polar surface area (TPSA) is 104 Å². The summed E-state index contributed by atoms with van der Waals surface area (Å²) in [5, 5.41) is 30.2. The average molecular weight is 469 g/mol. The Morgan fingerprint density at radius 2 is 1.11 bits per heavy atom. The fraction of sp³-hybridized carbons (Fsp3) is 0.138. The van der Waals surface area contributed by atoms with Crippen molar-refractivity contribution >= 4 is 28.1 Å². The number of phenolic OH excluding ortho intramolecular Hbond substituents is 3. The van der Waals surface area contributed by atoms with E-state index in [1.54, 1.807) is 38.1 Å². The molecule has 5 rings (SSSR count). The summed E-state index contributed by atoms with van der Waals surface area (Å²) < 4.78 is 0. The molecule has 5 aromatic rings. The van der Waals surface area contributed by atoms with Gasteiger partial charge in [0.25, 0.3) is 0 Å². The van der Waals surface area contributed by atoms with Gasteiger partial charge in [0.05, 0.1) is 0 Å². The quantitative estimate of drug-likeness (QED) is 0.249. The second-order valence-electron chi connectivity index (χ2n) is 8.17. The number of hydrogen-bond acceptors (Lipinski definition) is 6. The lowest BCUT2D eigenvalue weighted by molar-refractivity contribution is 0.112. The number of benzene rings is 3. The van der Waals surface area contributed by atoms with Gasteiger partial charge in [0.1, 0.15) is 34.6 Å². The second-order valence-corrected chi connectivity index (χ2v) is 8.17. The van der Waals surface area contributed by atoms with Crippen LogP contribution in [-0.2, 0) is 0 Å². The Morgan fingerprint density at radius 1 is 0.629 bits per heavy atom. The largest absolute Gasteiger partial charge is 0.507 e. The van der Waals surface area contributed by atoms with E-state index in [1.807, 2.05) is 62.4 Å². The third-order valence-electron chi connectivity index (χ3n) is 5.48. The number of carbonyl (C=O) groups is 1. The number of pyridine rings is 2. The summed E-state index contributed by atoms with van der Waals surface area (Å²) in [7, 11) is 0. The molecule has 6 heteroatoms. The number of nitrogens with zero attached hydrogens (tertiary/aromatic N) is 2. The van der Waals surface area contributed by atoms with E-state index in [1.165, 1.54) is 0 Å². The van der Waals surface area contributed by atoms with Crippen molar-refractivity contribution in [3.8, 4) is 17.2 Å². The standard InChI is InChI=1S/2C10H9NO.C9H10O2/c2*1-7-5-6-8-3-2-4-9(12)10(8)11-7;1-6-3-4-8(5-10)7(2)9(6)11/h2*2-6,12H,1H3;3-5,11H,1-2H3. The van der Waals surface area contributed by atoms with Crippen LogP contribution < -0.4 is 0 Å². The SMILES string of the molecule is Cc1ccc(C=O)c(C)c1O.Cc1ccc2cccc(O)c2n1.Cc1ccc2cccc(O)c2n1. The molecular weight excluding hydrogens is 440 g/mol. The van der Waals surface area contributed by atoms with E-state index >= 15 is 0 Å². The predicted molar refractivity (Wildman–Crippen MR) is 139 cm³/mol. The molecule has 0 unspecified atom stereocenters. The minimum Gasteiger partial charge on any atom is -0.507 e. The maximum absolute atomic E-state index is 10.4. The molecule has 0 radical (unpaired) electrons. The summed E-state index contributed by atoms with van der Waals surface area (Å²) in [6, 6.07) is 22.0. The van der Waals surface area contributed by atoms with Gasteiger partial charge in [-0.1, -0.05) is 48.5 Å². The van der Waals surface area contributed by atoms with E-state index in [-0.39, 0.29) is 17.2 Å². The molecule has 35 heavy (non-hydrogen) atoms. The fourth-order valence-electron chi connectivity index (χ4n) is 3.44. The van der Waals surface area contributed by atoms with Gasteiger partial charge in [-0.25, -0.2) is 9.97 Å². The molecule has 0 atom stereocenters. The molecule has 178 valence electrons. The monoisotopic (exact) mass is 468 g/mol. The average Bonchev–Trinajstić information content (AvgIpc) is 2.85. The maximum atomic E-state index is 10.4. The minimum absolute atomic E-state index is 0.217. The highest BCUT2D eigenvalue weighted by atomic mass is 16.3. The number of rotatable bonds is 1. The molecular formula is C29H28N2O4. The van der Waals surface area contributed by atoms with Gasteiger partial charge in [0, 0.05) is 33.3 Å². The summed E-state index contributed by atoms with van der Waals surface area (Å²) in [6.45, 7) is 7.35. The molecule has 0 aliphatic carbocycles. The number of fused-ring (bicyclic) bond motifs is 2. The molecule has 3 aromatic carbocycles. The van der Waals surface area contributed by atoms with E-state index in [0.29, 0.717) is 22.2 Å². The summed E-state index contributed by atoms with van der Waals surface area (Å²) >= 11 is 0. The molecule has 0 amide bonds. The summed E-state index contributed by atoms with van der Waals surface area (Å²) in [5.41, 5.74) is 5.20. The molecule has 0 aliphatic heterocycles. The van der Waals surface area contributed by atoms with Crippen LogP contribution in [0.5, 0.6) is 17.2 Å². The normalized spacial score (nSPS) is 10.2. The van der Waals surface area contributed by atoms with Gasteiger partial charge in [0.2, 0.25) is 0 Å². The predicted octanol–water partition coefficient (Wildman–Crippen LogP) is 6.32. The number of aldehydes is 1. The van der Waals surface area contributed by atoms with Crippen molar-refractivity contribution in [1.29, 1.82) is 0 Å². The molecule has 0 aliphatic rings. The van der Waals surface area contributed by atoms with Crippen LogP contribution >= 0.6 is 0 Å². The number of aryl methyl sites for hydroxylation is 3. The first-order valence-electron chi connectivity index (χ1n) is 11.1.